The first kappa shape index (κ1) is 7.35. The van der Waals surface area contributed by atoms with Crippen molar-refractivity contribution in [1.82, 2.24) is 10.2 Å². The van der Waals surface area contributed by atoms with Crippen LogP contribution in [0.3, 0.4) is 0 Å². The van der Waals surface area contributed by atoms with Crippen LogP contribution in [0.25, 0.3) is 0 Å². The molecular formula is C5H10N3OP. The summed E-state index contributed by atoms with van der Waals surface area (Å²) in [4.78, 5) is 0. The van der Waals surface area contributed by atoms with Crippen LogP contribution in [0.1, 0.15) is 0 Å². The average molecular weight is 159 g/mol. The Hall–Kier alpha value is -0.760. The van der Waals surface area contributed by atoms with Gasteiger partial charge in [-0.25, -0.2) is 0 Å². The van der Waals surface area contributed by atoms with Gasteiger partial charge in [-0.3, -0.25) is 5.10 Å². The van der Waals surface area contributed by atoms with Gasteiger partial charge in [0.05, 0.1) is 5.44 Å². The zero-order valence-corrected chi connectivity index (χ0v) is 6.85. The number of H-pyrrole nitrogens is 1. The van der Waals surface area contributed by atoms with Crippen LogP contribution >= 0.6 is 7.14 Å². The molecule has 3 N–H and O–H groups in total. The lowest BCUT2D eigenvalue weighted by atomic mass is 10.7. The normalized spacial score (nSPS) is 11.8. The first-order valence-corrected chi connectivity index (χ1v) is 5.47. The van der Waals surface area contributed by atoms with Crippen LogP contribution in [0, 0.1) is 0 Å². The Labute approximate surface area is 59.2 Å². The van der Waals surface area contributed by atoms with Gasteiger partial charge in [0.2, 0.25) is 0 Å². The summed E-state index contributed by atoms with van der Waals surface area (Å²) in [5, 5.41) is 6.27. The van der Waals surface area contributed by atoms with Crippen LogP contribution in [-0.2, 0) is 4.57 Å². The van der Waals surface area contributed by atoms with E-state index in [4.69, 9.17) is 5.73 Å². The van der Waals surface area contributed by atoms with Gasteiger partial charge in [0.1, 0.15) is 13.0 Å². The largest absolute Gasteiger partial charge is 0.382 e. The number of nitrogen functional groups attached to an aromatic ring is 1. The third kappa shape index (κ3) is 1.39. The number of anilines is 1. The van der Waals surface area contributed by atoms with Gasteiger partial charge in [-0.05, 0) is 13.3 Å². The van der Waals surface area contributed by atoms with Crippen LogP contribution in [-0.4, -0.2) is 23.5 Å². The Bertz CT molecular complexity index is 274. The topological polar surface area (TPSA) is 71.8 Å². The van der Waals surface area contributed by atoms with Gasteiger partial charge in [0.25, 0.3) is 0 Å². The number of hydrogen-bond acceptors (Lipinski definition) is 3. The minimum absolute atomic E-state index is 0.388. The van der Waals surface area contributed by atoms with E-state index in [0.29, 0.717) is 11.3 Å². The Kier molecular flexibility index (Phi) is 1.57. The Morgan fingerprint density at radius 2 is 2.30 bits per heavy atom. The van der Waals surface area contributed by atoms with E-state index in [1.54, 1.807) is 19.4 Å². The molecule has 0 radical (unpaired) electrons. The van der Waals surface area contributed by atoms with Crippen molar-refractivity contribution in [3.05, 3.63) is 6.07 Å². The summed E-state index contributed by atoms with van der Waals surface area (Å²) in [7, 11) is -2.20. The van der Waals surface area contributed by atoms with E-state index in [1.807, 2.05) is 0 Å². The van der Waals surface area contributed by atoms with Crippen molar-refractivity contribution in [2.24, 2.45) is 0 Å². The number of nitrogens with zero attached hydrogens (tertiary/aromatic N) is 1. The van der Waals surface area contributed by atoms with E-state index in [-0.39, 0.29) is 0 Å². The van der Waals surface area contributed by atoms with Crippen molar-refractivity contribution in [1.29, 1.82) is 0 Å². The van der Waals surface area contributed by atoms with Gasteiger partial charge in [-0.1, -0.05) is 0 Å². The lowest BCUT2D eigenvalue weighted by Gasteiger charge is -1.99. The number of nitrogens with two attached hydrogens (primary N) is 1. The highest BCUT2D eigenvalue weighted by molar-refractivity contribution is 7.69. The van der Waals surface area contributed by atoms with Gasteiger partial charge in [-0.15, -0.1) is 0 Å². The molecule has 0 amide bonds. The molecule has 56 valence electrons. The van der Waals surface area contributed by atoms with Crippen molar-refractivity contribution in [2.75, 3.05) is 19.1 Å². The molecule has 0 aliphatic heterocycles. The number of nitrogens with one attached hydrogen (secondary N) is 1. The molecule has 0 fully saturated rings. The molecule has 4 nitrogen and oxygen atoms in total. The number of aromatic amines is 1. The standard InChI is InChI=1S/C5H10N3OP/c1-10(2,9)5-3-4(6)7-8-5/h3H,1-2H3,(H3,6,7,8). The lowest BCUT2D eigenvalue weighted by Crippen LogP contribution is -2.02. The van der Waals surface area contributed by atoms with Crippen LogP contribution in [0.2, 0.25) is 0 Å². The van der Waals surface area contributed by atoms with Gasteiger partial charge in [-0.2, -0.15) is 5.10 Å². The summed E-state index contributed by atoms with van der Waals surface area (Å²) >= 11 is 0. The highest BCUT2D eigenvalue weighted by Gasteiger charge is 2.12. The highest BCUT2D eigenvalue weighted by atomic mass is 31.2. The summed E-state index contributed by atoms with van der Waals surface area (Å²) < 4.78 is 11.3. The first-order chi connectivity index (χ1) is 4.50. The van der Waals surface area contributed by atoms with E-state index in [2.05, 4.69) is 10.2 Å². The molecule has 0 saturated carbocycles. The smallest absolute Gasteiger partial charge is 0.145 e. The molecule has 1 aromatic heterocycles. The first-order valence-electron chi connectivity index (χ1n) is 2.86. The molecule has 0 bridgehead atoms. The van der Waals surface area contributed by atoms with Crippen molar-refractivity contribution >= 4 is 18.4 Å². The molecule has 1 aromatic rings. The maximum atomic E-state index is 11.3. The molecule has 1 rings (SSSR count). The Morgan fingerprint density at radius 3 is 2.50 bits per heavy atom. The van der Waals surface area contributed by atoms with Crippen molar-refractivity contribution in [3.63, 3.8) is 0 Å². The fourth-order valence-corrected chi connectivity index (χ4v) is 1.34. The molecule has 1 heterocycles. The molecule has 0 atom stereocenters. The minimum atomic E-state index is -2.20. The van der Waals surface area contributed by atoms with E-state index >= 15 is 0 Å². The molecular weight excluding hydrogens is 149 g/mol. The fourth-order valence-electron chi connectivity index (χ4n) is 0.602. The molecule has 0 aromatic carbocycles. The van der Waals surface area contributed by atoms with E-state index in [1.165, 1.54) is 0 Å². The molecule has 0 unspecified atom stereocenters. The van der Waals surface area contributed by atoms with Crippen molar-refractivity contribution in [3.8, 4) is 0 Å². The van der Waals surface area contributed by atoms with E-state index < -0.39 is 7.14 Å². The molecule has 0 saturated heterocycles. The molecule has 5 heteroatoms. The second-order valence-corrected chi connectivity index (χ2v) is 5.71. The second-order valence-electron chi connectivity index (χ2n) is 2.53. The summed E-state index contributed by atoms with van der Waals surface area (Å²) in [6, 6.07) is 1.60. The van der Waals surface area contributed by atoms with Crippen LogP contribution in [0.15, 0.2) is 6.07 Å². The maximum absolute atomic E-state index is 11.3. The third-order valence-electron chi connectivity index (χ3n) is 1.16. The van der Waals surface area contributed by atoms with Crippen LogP contribution < -0.4 is 11.2 Å². The Balaban J connectivity index is 3.08. The summed E-state index contributed by atoms with van der Waals surface area (Å²) in [5.74, 6) is 0.388. The minimum Gasteiger partial charge on any atom is -0.382 e. The molecule has 0 spiro atoms. The summed E-state index contributed by atoms with van der Waals surface area (Å²) in [6.07, 6.45) is 0. The van der Waals surface area contributed by atoms with Crippen LogP contribution in [0.4, 0.5) is 5.82 Å². The van der Waals surface area contributed by atoms with Gasteiger partial charge < -0.3 is 10.3 Å². The maximum Gasteiger partial charge on any atom is 0.145 e. The zero-order chi connectivity index (χ0) is 7.78. The van der Waals surface area contributed by atoms with Gasteiger partial charge >= 0.3 is 0 Å². The number of hydrogen-bond donors (Lipinski definition) is 2. The second kappa shape index (κ2) is 2.13. The summed E-state index contributed by atoms with van der Waals surface area (Å²) in [6.45, 7) is 3.33. The SMILES string of the molecule is CP(C)(=O)c1cc(N)n[nH]1. The number of aromatic nitrogens is 2. The Morgan fingerprint density at radius 1 is 1.70 bits per heavy atom. The van der Waals surface area contributed by atoms with Crippen LogP contribution in [0.5, 0.6) is 0 Å². The van der Waals surface area contributed by atoms with E-state index in [0.717, 1.165) is 0 Å². The predicted molar refractivity (Wildman–Crippen MR) is 42.1 cm³/mol. The molecule has 0 aliphatic rings. The molecule has 0 aliphatic carbocycles. The zero-order valence-electron chi connectivity index (χ0n) is 5.96. The summed E-state index contributed by atoms with van der Waals surface area (Å²) in [5.41, 5.74) is 5.94. The van der Waals surface area contributed by atoms with Gasteiger partial charge in [0, 0.05) is 6.07 Å². The fraction of sp³-hybridized carbons (Fsp3) is 0.400. The number of rotatable bonds is 1. The van der Waals surface area contributed by atoms with Crippen molar-refractivity contribution < 1.29 is 4.57 Å². The van der Waals surface area contributed by atoms with Crippen molar-refractivity contribution in [2.45, 2.75) is 0 Å². The monoisotopic (exact) mass is 159 g/mol. The third-order valence-corrected chi connectivity index (χ3v) is 2.55. The molecule has 10 heavy (non-hydrogen) atoms. The highest BCUT2D eigenvalue weighted by Crippen LogP contribution is 2.33. The van der Waals surface area contributed by atoms with Gasteiger partial charge in [0.15, 0.2) is 0 Å². The quantitative estimate of drug-likeness (QED) is 0.576. The average Bonchev–Trinajstić information content (AvgIpc) is 2.11. The lowest BCUT2D eigenvalue weighted by molar-refractivity contribution is 0.587. The predicted octanol–water partition coefficient (Wildman–Crippen LogP) is 0.240. The van der Waals surface area contributed by atoms with E-state index in [9.17, 15) is 4.57 Å².